The standard InChI is InChI=1S/C18H22BrN3O2/c1-22(2)16-7-5-13(9-15(16)19)11-20-21-12-14-6-8-17(23-3)18(10-14)24-4/h5-11,21H,12H2,1-4H3/b20-11-. The Morgan fingerprint density at radius 1 is 1.08 bits per heavy atom. The van der Waals surface area contributed by atoms with E-state index in [1.54, 1.807) is 20.4 Å². The highest BCUT2D eigenvalue weighted by Crippen LogP contribution is 2.27. The fourth-order valence-electron chi connectivity index (χ4n) is 2.21. The minimum absolute atomic E-state index is 0.605. The molecule has 0 aliphatic carbocycles. The average molecular weight is 392 g/mol. The quantitative estimate of drug-likeness (QED) is 0.577. The monoisotopic (exact) mass is 391 g/mol. The summed E-state index contributed by atoms with van der Waals surface area (Å²) in [6.07, 6.45) is 1.80. The molecule has 128 valence electrons. The summed E-state index contributed by atoms with van der Waals surface area (Å²) in [6.45, 7) is 0.605. The zero-order valence-electron chi connectivity index (χ0n) is 14.3. The first kappa shape index (κ1) is 18.1. The molecule has 0 spiro atoms. The molecule has 0 atom stereocenters. The van der Waals surface area contributed by atoms with E-state index in [1.165, 1.54) is 0 Å². The van der Waals surface area contributed by atoms with E-state index in [0.29, 0.717) is 12.3 Å². The maximum Gasteiger partial charge on any atom is 0.161 e. The number of nitrogens with one attached hydrogen (secondary N) is 1. The Morgan fingerprint density at radius 3 is 2.46 bits per heavy atom. The normalized spacial score (nSPS) is 10.7. The van der Waals surface area contributed by atoms with Gasteiger partial charge in [0.25, 0.3) is 0 Å². The molecule has 0 aliphatic rings. The summed E-state index contributed by atoms with van der Waals surface area (Å²) in [4.78, 5) is 2.06. The third-order valence-corrected chi connectivity index (χ3v) is 4.12. The number of nitrogens with zero attached hydrogens (tertiary/aromatic N) is 2. The lowest BCUT2D eigenvalue weighted by atomic mass is 10.2. The van der Waals surface area contributed by atoms with Crippen molar-refractivity contribution in [3.05, 3.63) is 52.0 Å². The molecule has 1 N–H and O–H groups in total. The zero-order chi connectivity index (χ0) is 17.5. The van der Waals surface area contributed by atoms with Crippen molar-refractivity contribution in [2.24, 2.45) is 5.10 Å². The van der Waals surface area contributed by atoms with Crippen molar-refractivity contribution in [3.63, 3.8) is 0 Å². The molecule has 0 unspecified atom stereocenters. The van der Waals surface area contributed by atoms with Crippen molar-refractivity contribution in [1.29, 1.82) is 0 Å². The van der Waals surface area contributed by atoms with E-state index in [4.69, 9.17) is 9.47 Å². The van der Waals surface area contributed by atoms with Crippen molar-refractivity contribution < 1.29 is 9.47 Å². The molecule has 0 radical (unpaired) electrons. The molecule has 2 rings (SSSR count). The lowest BCUT2D eigenvalue weighted by Gasteiger charge is -2.14. The highest BCUT2D eigenvalue weighted by Gasteiger charge is 2.04. The van der Waals surface area contributed by atoms with Gasteiger partial charge < -0.3 is 19.8 Å². The SMILES string of the molecule is COc1ccc(CN/N=C\c2ccc(N(C)C)c(Br)c2)cc1OC. The van der Waals surface area contributed by atoms with Crippen LogP contribution in [-0.4, -0.2) is 34.5 Å². The molecule has 5 nitrogen and oxygen atoms in total. The molecule has 2 aromatic carbocycles. The summed E-state index contributed by atoms with van der Waals surface area (Å²) >= 11 is 3.57. The summed E-state index contributed by atoms with van der Waals surface area (Å²) in [5, 5.41) is 4.27. The summed E-state index contributed by atoms with van der Waals surface area (Å²) < 4.78 is 11.6. The van der Waals surface area contributed by atoms with Gasteiger partial charge in [0.05, 0.1) is 32.7 Å². The highest BCUT2D eigenvalue weighted by atomic mass is 79.9. The van der Waals surface area contributed by atoms with Crippen molar-refractivity contribution in [1.82, 2.24) is 5.43 Å². The molecule has 0 aromatic heterocycles. The number of hydrogen-bond acceptors (Lipinski definition) is 5. The molecule has 0 fully saturated rings. The fraction of sp³-hybridized carbons (Fsp3) is 0.278. The lowest BCUT2D eigenvalue weighted by Crippen LogP contribution is -2.09. The molecule has 0 saturated heterocycles. The van der Waals surface area contributed by atoms with Gasteiger partial charge in [-0.1, -0.05) is 12.1 Å². The third-order valence-electron chi connectivity index (χ3n) is 3.49. The van der Waals surface area contributed by atoms with Gasteiger partial charge in [-0.05, 0) is 51.3 Å². The molecule has 6 heteroatoms. The van der Waals surface area contributed by atoms with Gasteiger partial charge in [0.2, 0.25) is 0 Å². The van der Waals surface area contributed by atoms with Gasteiger partial charge in [0.1, 0.15) is 0 Å². The van der Waals surface area contributed by atoms with Gasteiger partial charge in [-0.25, -0.2) is 0 Å². The van der Waals surface area contributed by atoms with E-state index in [0.717, 1.165) is 27.0 Å². The minimum Gasteiger partial charge on any atom is -0.493 e. The van der Waals surface area contributed by atoms with Gasteiger partial charge in [-0.2, -0.15) is 5.10 Å². The van der Waals surface area contributed by atoms with Crippen LogP contribution in [0.3, 0.4) is 0 Å². The number of hydrogen-bond donors (Lipinski definition) is 1. The first-order chi connectivity index (χ1) is 11.5. The zero-order valence-corrected chi connectivity index (χ0v) is 15.9. The van der Waals surface area contributed by atoms with Gasteiger partial charge >= 0.3 is 0 Å². The van der Waals surface area contributed by atoms with Crippen LogP contribution in [0.2, 0.25) is 0 Å². The topological polar surface area (TPSA) is 46.1 Å². The molecular weight excluding hydrogens is 370 g/mol. The molecule has 0 aliphatic heterocycles. The number of halogens is 1. The Hall–Kier alpha value is -2.21. The molecular formula is C18H22BrN3O2. The van der Waals surface area contributed by atoms with Gasteiger partial charge in [0, 0.05) is 18.6 Å². The van der Waals surface area contributed by atoms with Crippen LogP contribution in [0.1, 0.15) is 11.1 Å². The Morgan fingerprint density at radius 2 is 1.83 bits per heavy atom. The van der Waals surface area contributed by atoms with E-state index in [-0.39, 0.29) is 0 Å². The van der Waals surface area contributed by atoms with E-state index >= 15 is 0 Å². The summed E-state index contributed by atoms with van der Waals surface area (Å²) in [7, 11) is 7.28. The maximum atomic E-state index is 5.30. The first-order valence-corrected chi connectivity index (χ1v) is 8.28. The van der Waals surface area contributed by atoms with E-state index in [9.17, 15) is 0 Å². The van der Waals surface area contributed by atoms with Crippen LogP contribution < -0.4 is 19.8 Å². The van der Waals surface area contributed by atoms with Crippen LogP contribution in [-0.2, 0) is 6.54 Å². The van der Waals surface area contributed by atoms with E-state index < -0.39 is 0 Å². The number of rotatable bonds is 7. The number of hydrazone groups is 1. The van der Waals surface area contributed by atoms with Crippen LogP contribution >= 0.6 is 15.9 Å². The fourth-order valence-corrected chi connectivity index (χ4v) is 2.96. The third kappa shape index (κ3) is 4.64. The van der Waals surface area contributed by atoms with Crippen molar-refractivity contribution >= 4 is 27.8 Å². The number of methoxy groups -OCH3 is 2. The second-order valence-corrected chi connectivity index (χ2v) is 6.24. The predicted octanol–water partition coefficient (Wildman–Crippen LogP) is 3.66. The summed E-state index contributed by atoms with van der Waals surface area (Å²) in [5.41, 5.74) is 6.26. The molecule has 0 saturated carbocycles. The van der Waals surface area contributed by atoms with Gasteiger partial charge in [0.15, 0.2) is 11.5 Å². The molecule has 0 amide bonds. The summed E-state index contributed by atoms with van der Waals surface area (Å²) in [6, 6.07) is 11.9. The minimum atomic E-state index is 0.605. The van der Waals surface area contributed by atoms with Gasteiger partial charge in [-0.3, -0.25) is 0 Å². The van der Waals surface area contributed by atoms with E-state index in [2.05, 4.69) is 37.4 Å². The number of benzene rings is 2. The van der Waals surface area contributed by atoms with Crippen LogP contribution in [0.15, 0.2) is 46.0 Å². The molecule has 0 bridgehead atoms. The average Bonchev–Trinajstić information content (AvgIpc) is 2.58. The molecule has 2 aromatic rings. The second-order valence-electron chi connectivity index (χ2n) is 5.39. The van der Waals surface area contributed by atoms with Crippen LogP contribution in [0.25, 0.3) is 0 Å². The predicted molar refractivity (Wildman–Crippen MR) is 102 cm³/mol. The molecule has 0 heterocycles. The van der Waals surface area contributed by atoms with Crippen molar-refractivity contribution in [2.45, 2.75) is 6.54 Å². The van der Waals surface area contributed by atoms with Crippen LogP contribution in [0, 0.1) is 0 Å². The smallest absolute Gasteiger partial charge is 0.161 e. The Balaban J connectivity index is 1.96. The highest BCUT2D eigenvalue weighted by molar-refractivity contribution is 9.10. The van der Waals surface area contributed by atoms with Crippen molar-refractivity contribution in [2.75, 3.05) is 33.2 Å². The Bertz CT molecular complexity index is 717. The number of ether oxygens (including phenoxy) is 2. The van der Waals surface area contributed by atoms with Gasteiger partial charge in [-0.15, -0.1) is 0 Å². The Kier molecular flexibility index (Phi) is 6.49. The van der Waals surface area contributed by atoms with E-state index in [1.807, 2.05) is 44.4 Å². The van der Waals surface area contributed by atoms with Crippen LogP contribution in [0.5, 0.6) is 11.5 Å². The van der Waals surface area contributed by atoms with Crippen LogP contribution in [0.4, 0.5) is 5.69 Å². The summed E-state index contributed by atoms with van der Waals surface area (Å²) in [5.74, 6) is 1.43. The second kappa shape index (κ2) is 8.59. The number of anilines is 1. The largest absolute Gasteiger partial charge is 0.493 e. The van der Waals surface area contributed by atoms with Crippen molar-refractivity contribution in [3.8, 4) is 11.5 Å². The maximum absolute atomic E-state index is 5.30. The lowest BCUT2D eigenvalue weighted by molar-refractivity contribution is 0.354. The first-order valence-electron chi connectivity index (χ1n) is 7.49. The Labute approximate surface area is 151 Å². The molecule has 24 heavy (non-hydrogen) atoms.